The summed E-state index contributed by atoms with van der Waals surface area (Å²) in [6, 6.07) is 3.18. The zero-order valence-corrected chi connectivity index (χ0v) is 10.3. The van der Waals surface area contributed by atoms with Crippen LogP contribution in [0.4, 0.5) is 5.82 Å². The molecular weight excluding hydrogens is 216 g/mol. The van der Waals surface area contributed by atoms with Crippen LogP contribution in [0.25, 0.3) is 0 Å². The average Bonchev–Trinajstić information content (AvgIpc) is 3.06. The molecule has 0 aliphatic heterocycles. The summed E-state index contributed by atoms with van der Waals surface area (Å²) >= 11 is 0. The van der Waals surface area contributed by atoms with Gasteiger partial charge in [-0.2, -0.15) is 0 Å². The van der Waals surface area contributed by atoms with Crippen molar-refractivity contribution < 1.29 is 9.90 Å². The minimum atomic E-state index is -0.907. The molecule has 17 heavy (non-hydrogen) atoms. The minimum Gasteiger partial charge on any atom is -0.478 e. The van der Waals surface area contributed by atoms with Crippen molar-refractivity contribution in [2.45, 2.75) is 33.1 Å². The van der Waals surface area contributed by atoms with Crippen LogP contribution in [-0.2, 0) is 0 Å². The van der Waals surface area contributed by atoms with E-state index < -0.39 is 5.97 Å². The Morgan fingerprint density at radius 2 is 2.24 bits per heavy atom. The molecule has 2 N–H and O–H groups in total. The number of carboxylic acid groups (broad SMARTS) is 1. The van der Waals surface area contributed by atoms with Gasteiger partial charge in [0.25, 0.3) is 0 Å². The molecule has 1 aromatic heterocycles. The summed E-state index contributed by atoms with van der Waals surface area (Å²) in [7, 11) is 0. The second-order valence-corrected chi connectivity index (χ2v) is 4.89. The number of carbonyl (C=O) groups is 1. The molecule has 0 saturated heterocycles. The highest BCUT2D eigenvalue weighted by Gasteiger charge is 2.40. The third-order valence-electron chi connectivity index (χ3n) is 3.55. The van der Waals surface area contributed by atoms with E-state index in [0.717, 1.165) is 18.7 Å². The quantitative estimate of drug-likeness (QED) is 0.822. The standard InChI is InChI=1S/C13H18N2O2/c1-3-13(4-5-13)8-14-11-7-10(12(16)17)6-9(2)15-11/h6-7H,3-5,8H2,1-2H3,(H,14,15)(H,16,17). The number of anilines is 1. The molecule has 0 amide bonds. The lowest BCUT2D eigenvalue weighted by Crippen LogP contribution is -2.15. The fourth-order valence-electron chi connectivity index (χ4n) is 1.99. The van der Waals surface area contributed by atoms with Crippen molar-refractivity contribution in [2.24, 2.45) is 5.41 Å². The lowest BCUT2D eigenvalue weighted by atomic mass is 10.0. The van der Waals surface area contributed by atoms with Crippen LogP contribution in [0.5, 0.6) is 0 Å². The molecule has 0 aromatic carbocycles. The summed E-state index contributed by atoms with van der Waals surface area (Å²) in [5, 5.41) is 12.2. The van der Waals surface area contributed by atoms with Crippen molar-refractivity contribution in [2.75, 3.05) is 11.9 Å². The van der Waals surface area contributed by atoms with E-state index in [1.807, 2.05) is 6.92 Å². The first kappa shape index (κ1) is 11.9. The summed E-state index contributed by atoms with van der Waals surface area (Å²) in [5.41, 5.74) is 1.45. The Hall–Kier alpha value is -1.58. The van der Waals surface area contributed by atoms with E-state index in [9.17, 15) is 4.79 Å². The molecule has 1 saturated carbocycles. The maximum Gasteiger partial charge on any atom is 0.335 e. The predicted octanol–water partition coefficient (Wildman–Crippen LogP) is 2.69. The number of hydrogen-bond acceptors (Lipinski definition) is 3. The first-order valence-electron chi connectivity index (χ1n) is 6.00. The maximum atomic E-state index is 10.9. The van der Waals surface area contributed by atoms with Crippen molar-refractivity contribution in [3.05, 3.63) is 23.4 Å². The highest BCUT2D eigenvalue weighted by molar-refractivity contribution is 5.88. The van der Waals surface area contributed by atoms with Crippen LogP contribution in [0, 0.1) is 12.3 Å². The third-order valence-corrected chi connectivity index (χ3v) is 3.55. The predicted molar refractivity (Wildman–Crippen MR) is 66.4 cm³/mol. The maximum absolute atomic E-state index is 10.9. The summed E-state index contributed by atoms with van der Waals surface area (Å²) < 4.78 is 0. The van der Waals surface area contributed by atoms with Crippen molar-refractivity contribution >= 4 is 11.8 Å². The molecule has 1 fully saturated rings. The van der Waals surface area contributed by atoms with Crippen LogP contribution >= 0.6 is 0 Å². The number of nitrogens with zero attached hydrogens (tertiary/aromatic N) is 1. The molecule has 2 rings (SSSR count). The van der Waals surface area contributed by atoms with Crippen LogP contribution in [0.15, 0.2) is 12.1 Å². The Balaban J connectivity index is 2.07. The molecule has 1 aromatic rings. The van der Waals surface area contributed by atoms with E-state index >= 15 is 0 Å². The molecular formula is C13H18N2O2. The number of aromatic carboxylic acids is 1. The molecule has 0 spiro atoms. The number of aryl methyl sites for hydroxylation is 1. The normalized spacial score (nSPS) is 16.6. The lowest BCUT2D eigenvalue weighted by Gasteiger charge is -2.14. The number of rotatable bonds is 5. The molecule has 1 heterocycles. The number of aromatic nitrogens is 1. The Bertz CT molecular complexity index is 439. The van der Waals surface area contributed by atoms with E-state index in [4.69, 9.17) is 5.11 Å². The highest BCUT2D eigenvalue weighted by Crippen LogP contribution is 2.48. The van der Waals surface area contributed by atoms with E-state index in [0.29, 0.717) is 16.8 Å². The van der Waals surface area contributed by atoms with Gasteiger partial charge in [0, 0.05) is 12.2 Å². The molecule has 0 bridgehead atoms. The second-order valence-electron chi connectivity index (χ2n) is 4.89. The monoisotopic (exact) mass is 234 g/mol. The first-order chi connectivity index (χ1) is 8.04. The number of carboxylic acids is 1. The smallest absolute Gasteiger partial charge is 0.335 e. The minimum absolute atomic E-state index is 0.293. The molecule has 0 unspecified atom stereocenters. The van der Waals surface area contributed by atoms with Gasteiger partial charge < -0.3 is 10.4 Å². The molecule has 4 nitrogen and oxygen atoms in total. The van der Waals surface area contributed by atoms with Gasteiger partial charge >= 0.3 is 5.97 Å². The average molecular weight is 234 g/mol. The second kappa shape index (κ2) is 4.35. The summed E-state index contributed by atoms with van der Waals surface area (Å²) in [6.45, 7) is 4.89. The molecule has 1 aliphatic carbocycles. The van der Waals surface area contributed by atoms with Gasteiger partial charge in [-0.15, -0.1) is 0 Å². The van der Waals surface area contributed by atoms with Gasteiger partial charge in [-0.1, -0.05) is 6.92 Å². The van der Waals surface area contributed by atoms with Crippen molar-refractivity contribution in [3.8, 4) is 0 Å². The lowest BCUT2D eigenvalue weighted by molar-refractivity contribution is 0.0696. The van der Waals surface area contributed by atoms with E-state index in [1.165, 1.54) is 12.8 Å². The number of pyridine rings is 1. The zero-order chi connectivity index (χ0) is 12.5. The van der Waals surface area contributed by atoms with Gasteiger partial charge in [-0.05, 0) is 43.7 Å². The zero-order valence-electron chi connectivity index (χ0n) is 10.3. The molecule has 1 aliphatic rings. The van der Waals surface area contributed by atoms with Crippen LogP contribution in [0.3, 0.4) is 0 Å². The van der Waals surface area contributed by atoms with Crippen LogP contribution in [0.1, 0.15) is 42.2 Å². The van der Waals surface area contributed by atoms with Crippen LogP contribution in [0.2, 0.25) is 0 Å². The fourth-order valence-corrected chi connectivity index (χ4v) is 1.99. The highest BCUT2D eigenvalue weighted by atomic mass is 16.4. The van der Waals surface area contributed by atoms with Crippen LogP contribution < -0.4 is 5.32 Å². The Morgan fingerprint density at radius 3 is 2.76 bits per heavy atom. The fraction of sp³-hybridized carbons (Fsp3) is 0.538. The molecule has 4 heteroatoms. The number of nitrogens with one attached hydrogen (secondary N) is 1. The van der Waals surface area contributed by atoms with Gasteiger partial charge in [0.1, 0.15) is 5.82 Å². The van der Waals surface area contributed by atoms with Gasteiger partial charge in [-0.3, -0.25) is 0 Å². The molecule has 0 radical (unpaired) electrons. The largest absolute Gasteiger partial charge is 0.478 e. The Labute approximate surface area is 101 Å². The van der Waals surface area contributed by atoms with Crippen molar-refractivity contribution in [3.63, 3.8) is 0 Å². The van der Waals surface area contributed by atoms with E-state index in [-0.39, 0.29) is 0 Å². The molecule has 0 atom stereocenters. The Kier molecular flexibility index (Phi) is 3.05. The summed E-state index contributed by atoms with van der Waals surface area (Å²) in [4.78, 5) is 15.2. The van der Waals surface area contributed by atoms with Gasteiger partial charge in [0.2, 0.25) is 0 Å². The summed E-state index contributed by atoms with van der Waals surface area (Å²) in [5.74, 6) is -0.239. The topological polar surface area (TPSA) is 62.2 Å². The van der Waals surface area contributed by atoms with Gasteiger partial charge in [0.05, 0.1) is 5.56 Å². The Morgan fingerprint density at radius 1 is 1.53 bits per heavy atom. The number of hydrogen-bond donors (Lipinski definition) is 2. The SMILES string of the molecule is CCC1(CNc2cc(C(=O)O)cc(C)n2)CC1. The van der Waals surface area contributed by atoms with E-state index in [2.05, 4.69) is 17.2 Å². The van der Waals surface area contributed by atoms with Crippen LogP contribution in [-0.4, -0.2) is 22.6 Å². The first-order valence-corrected chi connectivity index (χ1v) is 6.00. The van der Waals surface area contributed by atoms with E-state index in [1.54, 1.807) is 12.1 Å². The summed E-state index contributed by atoms with van der Waals surface area (Å²) in [6.07, 6.45) is 3.68. The van der Waals surface area contributed by atoms with Gasteiger partial charge in [0.15, 0.2) is 0 Å². The molecule has 92 valence electrons. The van der Waals surface area contributed by atoms with Crippen molar-refractivity contribution in [1.29, 1.82) is 0 Å². The van der Waals surface area contributed by atoms with Gasteiger partial charge in [-0.25, -0.2) is 9.78 Å². The van der Waals surface area contributed by atoms with Crippen molar-refractivity contribution in [1.82, 2.24) is 4.98 Å². The third kappa shape index (κ3) is 2.75.